The van der Waals surface area contributed by atoms with Gasteiger partial charge in [0.25, 0.3) is 0 Å². The number of fused-ring (bicyclic) bond motifs is 1. The van der Waals surface area contributed by atoms with Gasteiger partial charge in [-0.05, 0) is 24.6 Å². The highest BCUT2D eigenvalue weighted by molar-refractivity contribution is 5.80. The van der Waals surface area contributed by atoms with E-state index >= 15 is 0 Å². The van der Waals surface area contributed by atoms with Gasteiger partial charge in [-0.2, -0.15) is 0 Å². The lowest BCUT2D eigenvalue weighted by Crippen LogP contribution is -1.96. The molecule has 0 aliphatic heterocycles. The van der Waals surface area contributed by atoms with Crippen molar-refractivity contribution in [2.75, 3.05) is 0 Å². The topological polar surface area (TPSA) is 63.1 Å². The first-order valence-corrected chi connectivity index (χ1v) is 4.26. The fraction of sp³-hybridized carbons (Fsp3) is 0.200. The van der Waals surface area contributed by atoms with E-state index in [4.69, 9.17) is 4.42 Å². The minimum atomic E-state index is -0.472. The van der Waals surface area contributed by atoms with E-state index in [1.165, 1.54) is 6.92 Å². The molecule has 0 saturated carbocycles. The Morgan fingerprint density at radius 1 is 1.50 bits per heavy atom. The third-order valence-electron chi connectivity index (χ3n) is 1.94. The normalized spacial score (nSPS) is 10.6. The van der Waals surface area contributed by atoms with Gasteiger partial charge in [-0.15, -0.1) is 0 Å². The molecule has 0 atom stereocenters. The molecule has 0 saturated heterocycles. The van der Waals surface area contributed by atoms with Gasteiger partial charge in [0, 0.05) is 6.42 Å². The van der Waals surface area contributed by atoms with Crippen LogP contribution in [0.1, 0.15) is 12.5 Å². The fourth-order valence-corrected chi connectivity index (χ4v) is 1.40. The zero-order chi connectivity index (χ0) is 10.1. The quantitative estimate of drug-likeness (QED) is 0.777. The maximum atomic E-state index is 10.9. The van der Waals surface area contributed by atoms with Gasteiger partial charge in [0.15, 0.2) is 5.58 Å². The monoisotopic (exact) mass is 191 g/mol. The highest BCUT2D eigenvalue weighted by Gasteiger charge is 2.03. The van der Waals surface area contributed by atoms with E-state index in [0.29, 0.717) is 17.5 Å². The third-order valence-corrected chi connectivity index (χ3v) is 1.94. The van der Waals surface area contributed by atoms with E-state index in [1.54, 1.807) is 18.2 Å². The third kappa shape index (κ3) is 1.59. The number of nitrogens with one attached hydrogen (secondary N) is 1. The second kappa shape index (κ2) is 3.14. The Morgan fingerprint density at radius 3 is 3.00 bits per heavy atom. The van der Waals surface area contributed by atoms with Crippen LogP contribution in [0.2, 0.25) is 0 Å². The molecule has 4 nitrogen and oxygen atoms in total. The average Bonchev–Trinajstić information content (AvgIpc) is 2.42. The van der Waals surface area contributed by atoms with Crippen LogP contribution in [-0.4, -0.2) is 10.8 Å². The number of hydrogen-bond donors (Lipinski definition) is 1. The number of aromatic nitrogens is 1. The fourth-order valence-electron chi connectivity index (χ4n) is 1.40. The summed E-state index contributed by atoms with van der Waals surface area (Å²) in [6, 6.07) is 5.22. The Labute approximate surface area is 79.5 Å². The van der Waals surface area contributed by atoms with Crippen molar-refractivity contribution >= 4 is 16.9 Å². The lowest BCUT2D eigenvalue weighted by Gasteiger charge is -1.95. The summed E-state index contributed by atoms with van der Waals surface area (Å²) in [4.78, 5) is 24.2. The van der Waals surface area contributed by atoms with Gasteiger partial charge >= 0.3 is 5.76 Å². The number of ketones is 1. The van der Waals surface area contributed by atoms with E-state index in [1.807, 2.05) is 0 Å². The van der Waals surface area contributed by atoms with Gasteiger partial charge in [0.05, 0.1) is 5.52 Å². The van der Waals surface area contributed by atoms with Gasteiger partial charge in [0.2, 0.25) is 0 Å². The summed E-state index contributed by atoms with van der Waals surface area (Å²) in [6.07, 6.45) is 0.378. The van der Waals surface area contributed by atoms with Crippen LogP contribution >= 0.6 is 0 Å². The number of benzene rings is 1. The number of aromatic amines is 1. The Bertz CT molecular complexity index is 536. The number of Topliss-reactive ketones (excluding diaryl/α,β-unsaturated/α-hetero) is 1. The van der Waals surface area contributed by atoms with E-state index in [-0.39, 0.29) is 5.78 Å². The Morgan fingerprint density at radius 2 is 2.29 bits per heavy atom. The lowest BCUT2D eigenvalue weighted by atomic mass is 10.1. The molecule has 1 N–H and O–H groups in total. The molecule has 2 rings (SSSR count). The van der Waals surface area contributed by atoms with Crippen LogP contribution in [0.3, 0.4) is 0 Å². The molecule has 4 heteroatoms. The molecule has 1 heterocycles. The van der Waals surface area contributed by atoms with Crippen LogP contribution in [0, 0.1) is 0 Å². The second-order valence-electron chi connectivity index (χ2n) is 3.22. The number of carbonyl (C=O) groups is 1. The first-order valence-electron chi connectivity index (χ1n) is 4.26. The van der Waals surface area contributed by atoms with Crippen molar-refractivity contribution in [1.82, 2.24) is 4.98 Å². The predicted molar refractivity (Wildman–Crippen MR) is 51.2 cm³/mol. The van der Waals surface area contributed by atoms with E-state index in [9.17, 15) is 9.59 Å². The number of rotatable bonds is 2. The van der Waals surface area contributed by atoms with Crippen LogP contribution in [-0.2, 0) is 11.2 Å². The van der Waals surface area contributed by atoms with Crippen LogP contribution in [0.5, 0.6) is 0 Å². The van der Waals surface area contributed by atoms with Crippen molar-refractivity contribution in [1.29, 1.82) is 0 Å². The first-order chi connectivity index (χ1) is 6.65. The predicted octanol–water partition coefficient (Wildman–Crippen LogP) is 1.25. The Hall–Kier alpha value is -1.84. The van der Waals surface area contributed by atoms with Crippen LogP contribution in [0.4, 0.5) is 0 Å². The molecule has 0 aliphatic carbocycles. The SMILES string of the molecule is CC(=O)Cc1ccc2oc(=O)[nH]c2c1. The molecule has 0 amide bonds. The van der Waals surface area contributed by atoms with Crippen LogP contribution in [0.25, 0.3) is 11.1 Å². The van der Waals surface area contributed by atoms with E-state index in [2.05, 4.69) is 4.98 Å². The average molecular weight is 191 g/mol. The van der Waals surface area contributed by atoms with Gasteiger partial charge < -0.3 is 4.42 Å². The lowest BCUT2D eigenvalue weighted by molar-refractivity contribution is -0.116. The van der Waals surface area contributed by atoms with Crippen molar-refractivity contribution in [2.45, 2.75) is 13.3 Å². The number of H-pyrrole nitrogens is 1. The highest BCUT2D eigenvalue weighted by Crippen LogP contribution is 2.12. The molecular weight excluding hydrogens is 182 g/mol. The van der Waals surface area contributed by atoms with Crippen molar-refractivity contribution in [3.8, 4) is 0 Å². The van der Waals surface area contributed by atoms with Gasteiger partial charge in [0.1, 0.15) is 5.78 Å². The largest absolute Gasteiger partial charge is 0.417 e. The van der Waals surface area contributed by atoms with Crippen LogP contribution < -0.4 is 5.76 Å². The molecule has 0 radical (unpaired) electrons. The molecule has 0 unspecified atom stereocenters. The summed E-state index contributed by atoms with van der Waals surface area (Å²) < 4.78 is 4.83. The van der Waals surface area contributed by atoms with Crippen molar-refractivity contribution in [2.24, 2.45) is 0 Å². The molecule has 72 valence electrons. The number of hydrogen-bond acceptors (Lipinski definition) is 3. The van der Waals surface area contributed by atoms with E-state index in [0.717, 1.165) is 5.56 Å². The molecule has 0 spiro atoms. The van der Waals surface area contributed by atoms with Crippen molar-refractivity contribution in [3.63, 3.8) is 0 Å². The second-order valence-corrected chi connectivity index (χ2v) is 3.22. The van der Waals surface area contributed by atoms with Crippen LogP contribution in [0.15, 0.2) is 27.4 Å². The molecule has 14 heavy (non-hydrogen) atoms. The first kappa shape index (κ1) is 8.74. The minimum Gasteiger partial charge on any atom is -0.408 e. The van der Waals surface area contributed by atoms with Gasteiger partial charge in [-0.25, -0.2) is 4.79 Å². The maximum Gasteiger partial charge on any atom is 0.417 e. The molecular formula is C10H9NO3. The summed E-state index contributed by atoms with van der Waals surface area (Å²) in [5.41, 5.74) is 2.03. The maximum absolute atomic E-state index is 10.9. The summed E-state index contributed by atoms with van der Waals surface area (Å²) in [5.74, 6) is -0.379. The Kier molecular flexibility index (Phi) is 1.96. The van der Waals surface area contributed by atoms with Gasteiger partial charge in [-0.3, -0.25) is 9.78 Å². The Balaban J connectivity index is 2.50. The van der Waals surface area contributed by atoms with Crippen molar-refractivity contribution in [3.05, 3.63) is 34.3 Å². The number of oxazole rings is 1. The van der Waals surface area contributed by atoms with E-state index < -0.39 is 5.76 Å². The van der Waals surface area contributed by atoms with Gasteiger partial charge in [-0.1, -0.05) is 6.07 Å². The summed E-state index contributed by atoms with van der Waals surface area (Å²) >= 11 is 0. The summed E-state index contributed by atoms with van der Waals surface area (Å²) in [7, 11) is 0. The molecule has 1 aromatic carbocycles. The molecule has 2 aromatic rings. The minimum absolute atomic E-state index is 0.0928. The molecule has 0 bridgehead atoms. The standard InChI is InChI=1S/C10H9NO3/c1-6(12)4-7-2-3-9-8(5-7)11-10(13)14-9/h2-3,5H,4H2,1H3,(H,11,13). The smallest absolute Gasteiger partial charge is 0.408 e. The zero-order valence-corrected chi connectivity index (χ0v) is 7.66. The molecule has 0 fully saturated rings. The highest BCUT2D eigenvalue weighted by atomic mass is 16.4. The van der Waals surface area contributed by atoms with Crippen molar-refractivity contribution < 1.29 is 9.21 Å². The summed E-state index contributed by atoms with van der Waals surface area (Å²) in [6.45, 7) is 1.53. The zero-order valence-electron chi connectivity index (χ0n) is 7.66. The molecule has 0 aliphatic rings. The molecule has 1 aromatic heterocycles. The number of carbonyl (C=O) groups excluding carboxylic acids is 1. The summed E-state index contributed by atoms with van der Waals surface area (Å²) in [5, 5.41) is 0.